The Morgan fingerprint density at radius 3 is 2.26 bits per heavy atom. The van der Waals surface area contributed by atoms with Gasteiger partial charge in [-0.2, -0.15) is 0 Å². The van der Waals surface area contributed by atoms with E-state index in [0.717, 1.165) is 45.2 Å². The third-order valence-electron chi connectivity index (χ3n) is 5.62. The first kappa shape index (κ1) is 19.5. The molecule has 1 N–H and O–H groups in total. The first-order valence-electron chi connectivity index (χ1n) is 10.2. The molecule has 1 aromatic carbocycles. The van der Waals surface area contributed by atoms with E-state index >= 15 is 0 Å². The van der Waals surface area contributed by atoms with E-state index in [4.69, 9.17) is 4.74 Å². The highest BCUT2D eigenvalue weighted by Gasteiger charge is 2.27. The fourth-order valence-corrected chi connectivity index (χ4v) is 3.97. The number of piperidine rings is 2. The lowest BCUT2D eigenvalue weighted by atomic mass is 9.90. The minimum Gasteiger partial charge on any atom is -0.450 e. The molecule has 0 spiro atoms. The predicted molar refractivity (Wildman–Crippen MR) is 105 cm³/mol. The Balaban J connectivity index is 1.37. The third-order valence-corrected chi connectivity index (χ3v) is 5.62. The molecule has 27 heavy (non-hydrogen) atoms. The van der Waals surface area contributed by atoms with E-state index in [1.54, 1.807) is 4.90 Å². The van der Waals surface area contributed by atoms with Crippen LogP contribution in [0.15, 0.2) is 30.3 Å². The van der Waals surface area contributed by atoms with Crippen molar-refractivity contribution in [1.82, 2.24) is 15.1 Å². The van der Waals surface area contributed by atoms with E-state index in [0.29, 0.717) is 25.6 Å². The Bertz CT molecular complexity index is 606. The summed E-state index contributed by atoms with van der Waals surface area (Å²) in [5, 5.41) is 3.15. The normalized spacial score (nSPS) is 19.0. The first-order chi connectivity index (χ1) is 13.2. The Kier molecular flexibility index (Phi) is 6.96. The number of rotatable bonds is 4. The van der Waals surface area contributed by atoms with Crippen LogP contribution in [-0.2, 0) is 11.2 Å². The van der Waals surface area contributed by atoms with Crippen molar-refractivity contribution in [2.75, 3.05) is 32.8 Å². The molecule has 0 saturated carbocycles. The Morgan fingerprint density at radius 2 is 1.63 bits per heavy atom. The lowest BCUT2D eigenvalue weighted by Gasteiger charge is -2.35. The predicted octanol–water partition coefficient (Wildman–Crippen LogP) is 3.27. The number of hydrogen-bond donors (Lipinski definition) is 1. The van der Waals surface area contributed by atoms with Gasteiger partial charge < -0.3 is 19.9 Å². The molecule has 1 aromatic rings. The highest BCUT2D eigenvalue weighted by atomic mass is 16.6. The van der Waals surface area contributed by atoms with Gasteiger partial charge in [-0.3, -0.25) is 0 Å². The summed E-state index contributed by atoms with van der Waals surface area (Å²) >= 11 is 0. The van der Waals surface area contributed by atoms with Crippen LogP contribution >= 0.6 is 0 Å². The molecule has 2 fully saturated rings. The maximum absolute atomic E-state index is 12.6. The van der Waals surface area contributed by atoms with Crippen LogP contribution < -0.4 is 5.32 Å². The van der Waals surface area contributed by atoms with Gasteiger partial charge in [0.1, 0.15) is 0 Å². The van der Waals surface area contributed by atoms with Crippen molar-refractivity contribution in [3.63, 3.8) is 0 Å². The number of nitrogens with zero attached hydrogens (tertiary/aromatic N) is 2. The fraction of sp³-hybridized carbons (Fsp3) is 0.619. The zero-order chi connectivity index (χ0) is 19.1. The number of amides is 3. The largest absolute Gasteiger partial charge is 0.450 e. The van der Waals surface area contributed by atoms with Crippen molar-refractivity contribution in [1.29, 1.82) is 0 Å². The Labute approximate surface area is 161 Å². The van der Waals surface area contributed by atoms with Gasteiger partial charge in [-0.25, -0.2) is 9.59 Å². The fourth-order valence-electron chi connectivity index (χ4n) is 3.97. The lowest BCUT2D eigenvalue weighted by Crippen LogP contribution is -2.51. The molecule has 3 rings (SSSR count). The number of carbonyl (C=O) groups excluding carboxylic acids is 2. The maximum atomic E-state index is 12.6. The summed E-state index contributed by atoms with van der Waals surface area (Å²) < 4.78 is 5.04. The summed E-state index contributed by atoms with van der Waals surface area (Å²) in [5.74, 6) is 0.657. The molecule has 6 nitrogen and oxygen atoms in total. The minimum absolute atomic E-state index is 0.0442. The summed E-state index contributed by atoms with van der Waals surface area (Å²) in [4.78, 5) is 28.0. The summed E-state index contributed by atoms with van der Waals surface area (Å²) in [6, 6.07) is 10.8. The lowest BCUT2D eigenvalue weighted by molar-refractivity contribution is 0.0947. The molecular formula is C21H31N3O3. The third kappa shape index (κ3) is 5.62. The quantitative estimate of drug-likeness (QED) is 0.881. The highest BCUT2D eigenvalue weighted by Crippen LogP contribution is 2.22. The van der Waals surface area contributed by atoms with Crippen LogP contribution in [0.3, 0.4) is 0 Å². The van der Waals surface area contributed by atoms with Crippen LogP contribution in [0, 0.1) is 5.92 Å². The summed E-state index contributed by atoms with van der Waals surface area (Å²) in [5.41, 5.74) is 1.38. The van der Waals surface area contributed by atoms with Crippen molar-refractivity contribution in [3.05, 3.63) is 35.9 Å². The van der Waals surface area contributed by atoms with Gasteiger partial charge in [0, 0.05) is 32.2 Å². The average molecular weight is 373 g/mol. The zero-order valence-electron chi connectivity index (χ0n) is 16.2. The molecule has 148 valence electrons. The SMILES string of the molecule is CCOC(=O)N1CCC(NC(=O)N2CCC(Cc3ccccc3)CC2)CC1. The molecule has 0 aliphatic carbocycles. The molecular weight excluding hydrogens is 342 g/mol. The number of nitrogens with one attached hydrogen (secondary N) is 1. The molecule has 0 aromatic heterocycles. The Morgan fingerprint density at radius 1 is 1.00 bits per heavy atom. The molecule has 0 unspecified atom stereocenters. The second kappa shape index (κ2) is 9.62. The number of hydrogen-bond acceptors (Lipinski definition) is 3. The van der Waals surface area contributed by atoms with Gasteiger partial charge in [-0.05, 0) is 50.5 Å². The van der Waals surface area contributed by atoms with E-state index < -0.39 is 0 Å². The molecule has 0 bridgehead atoms. The highest BCUT2D eigenvalue weighted by molar-refractivity contribution is 5.74. The van der Waals surface area contributed by atoms with Crippen LogP contribution in [-0.4, -0.2) is 60.8 Å². The van der Waals surface area contributed by atoms with Crippen molar-refractivity contribution < 1.29 is 14.3 Å². The number of carbonyl (C=O) groups is 2. The van der Waals surface area contributed by atoms with E-state index in [9.17, 15) is 9.59 Å². The molecule has 3 amide bonds. The molecule has 0 radical (unpaired) electrons. The molecule has 6 heteroatoms. The number of urea groups is 1. The van der Waals surface area contributed by atoms with E-state index in [1.165, 1.54) is 5.56 Å². The second-order valence-electron chi connectivity index (χ2n) is 7.53. The Hall–Kier alpha value is -2.24. The standard InChI is InChI=1S/C21H31N3O3/c1-2-27-21(26)24-14-10-19(11-15-24)22-20(25)23-12-8-18(9-13-23)16-17-6-4-3-5-7-17/h3-7,18-19H,2,8-16H2,1H3,(H,22,25). The molecule has 2 aliphatic rings. The van der Waals surface area contributed by atoms with Gasteiger partial charge in [0.05, 0.1) is 6.61 Å². The molecule has 2 aliphatic heterocycles. The average Bonchev–Trinajstić information content (AvgIpc) is 2.70. The van der Waals surface area contributed by atoms with Gasteiger partial charge in [-0.15, -0.1) is 0 Å². The van der Waals surface area contributed by atoms with E-state index in [-0.39, 0.29) is 18.2 Å². The monoisotopic (exact) mass is 373 g/mol. The van der Waals surface area contributed by atoms with Crippen molar-refractivity contribution in [3.8, 4) is 0 Å². The maximum Gasteiger partial charge on any atom is 0.409 e. The summed E-state index contributed by atoms with van der Waals surface area (Å²) in [7, 11) is 0. The topological polar surface area (TPSA) is 61.9 Å². The molecule has 2 heterocycles. The first-order valence-corrected chi connectivity index (χ1v) is 10.2. The van der Waals surface area contributed by atoms with Gasteiger partial charge >= 0.3 is 12.1 Å². The number of likely N-dealkylation sites (tertiary alicyclic amines) is 2. The van der Waals surface area contributed by atoms with Gasteiger partial charge in [-0.1, -0.05) is 30.3 Å². The number of ether oxygens (including phenoxy) is 1. The second-order valence-corrected chi connectivity index (χ2v) is 7.53. The van der Waals surface area contributed by atoms with E-state index in [1.807, 2.05) is 17.9 Å². The minimum atomic E-state index is -0.247. The summed E-state index contributed by atoms with van der Waals surface area (Å²) in [6.07, 6.45) is 4.54. The van der Waals surface area contributed by atoms with Gasteiger partial charge in [0.15, 0.2) is 0 Å². The van der Waals surface area contributed by atoms with Gasteiger partial charge in [0.2, 0.25) is 0 Å². The van der Waals surface area contributed by atoms with Crippen LogP contribution in [0.1, 0.15) is 38.2 Å². The molecule has 0 atom stereocenters. The smallest absolute Gasteiger partial charge is 0.409 e. The molecule has 2 saturated heterocycles. The van der Waals surface area contributed by atoms with Crippen LogP contribution in [0.2, 0.25) is 0 Å². The van der Waals surface area contributed by atoms with Gasteiger partial charge in [0.25, 0.3) is 0 Å². The van der Waals surface area contributed by atoms with Crippen molar-refractivity contribution >= 4 is 12.1 Å². The zero-order valence-corrected chi connectivity index (χ0v) is 16.2. The summed E-state index contributed by atoms with van der Waals surface area (Å²) in [6.45, 7) is 5.14. The van der Waals surface area contributed by atoms with Crippen molar-refractivity contribution in [2.45, 2.75) is 45.1 Å². The van der Waals surface area contributed by atoms with Crippen LogP contribution in [0.4, 0.5) is 9.59 Å². The number of benzene rings is 1. The van der Waals surface area contributed by atoms with Crippen LogP contribution in [0.25, 0.3) is 0 Å². The van der Waals surface area contributed by atoms with Crippen LogP contribution in [0.5, 0.6) is 0 Å². The van der Waals surface area contributed by atoms with Crippen molar-refractivity contribution in [2.24, 2.45) is 5.92 Å². The van der Waals surface area contributed by atoms with E-state index in [2.05, 4.69) is 29.6 Å².